The topological polar surface area (TPSA) is 74.3 Å². The average Bonchev–Trinajstić information content (AvgIpc) is 3.10. The number of ether oxygens (including phenoxy) is 1. The first kappa shape index (κ1) is 19.7. The number of aryl methyl sites for hydroxylation is 1. The number of hydrogen-bond donors (Lipinski definition) is 0. The van der Waals surface area contributed by atoms with Crippen LogP contribution < -0.4 is 10.3 Å². The molecular formula is C22H14F3N5O2. The molecule has 0 unspecified atom stereocenters. The van der Waals surface area contributed by atoms with Gasteiger partial charge in [-0.2, -0.15) is 5.10 Å². The zero-order valence-electron chi connectivity index (χ0n) is 16.5. The van der Waals surface area contributed by atoms with E-state index in [1.165, 1.54) is 22.9 Å². The van der Waals surface area contributed by atoms with Gasteiger partial charge in [0, 0.05) is 12.3 Å². The number of rotatable bonds is 3. The largest absolute Gasteiger partial charge is 0.573 e. The lowest BCUT2D eigenvalue weighted by Gasteiger charge is -2.11. The molecule has 5 rings (SSSR count). The molecule has 0 bridgehead atoms. The molecule has 0 saturated carbocycles. The molecule has 5 aromatic rings. The highest BCUT2D eigenvalue weighted by molar-refractivity contribution is 5.84. The van der Waals surface area contributed by atoms with Crippen LogP contribution >= 0.6 is 0 Å². The average molecular weight is 437 g/mol. The fraction of sp³-hybridized carbons (Fsp3) is 0.0909. The van der Waals surface area contributed by atoms with Crippen molar-refractivity contribution in [2.24, 2.45) is 0 Å². The summed E-state index contributed by atoms with van der Waals surface area (Å²) in [7, 11) is 0. The molecule has 0 aliphatic carbocycles. The fourth-order valence-corrected chi connectivity index (χ4v) is 3.63. The molecule has 0 N–H and O–H groups in total. The van der Waals surface area contributed by atoms with Gasteiger partial charge in [0.25, 0.3) is 5.56 Å². The Labute approximate surface area is 178 Å². The third kappa shape index (κ3) is 3.35. The highest BCUT2D eigenvalue weighted by Gasteiger charge is 2.31. The minimum Gasteiger partial charge on any atom is -0.406 e. The SMILES string of the molecule is Cc1nn2c(nnc3c(=O)n(-c4cccc(OC(F)(F)F)c4)ccc32)c1-c1ccccc1. The molecule has 3 heterocycles. The van der Waals surface area contributed by atoms with Crippen molar-refractivity contribution in [2.75, 3.05) is 0 Å². The van der Waals surface area contributed by atoms with Gasteiger partial charge in [0.2, 0.25) is 0 Å². The third-order valence-corrected chi connectivity index (χ3v) is 4.95. The minimum absolute atomic E-state index is 0.0317. The number of fused-ring (bicyclic) bond motifs is 3. The molecule has 0 atom stereocenters. The lowest BCUT2D eigenvalue weighted by Crippen LogP contribution is -2.21. The summed E-state index contributed by atoms with van der Waals surface area (Å²) in [6.45, 7) is 1.84. The Morgan fingerprint density at radius 2 is 1.75 bits per heavy atom. The summed E-state index contributed by atoms with van der Waals surface area (Å²) in [5.41, 5.74) is 3.06. The van der Waals surface area contributed by atoms with Gasteiger partial charge in [-0.25, -0.2) is 4.52 Å². The van der Waals surface area contributed by atoms with E-state index in [0.29, 0.717) is 11.2 Å². The van der Waals surface area contributed by atoms with Gasteiger partial charge in [0.15, 0.2) is 11.2 Å². The first-order valence-corrected chi connectivity index (χ1v) is 9.51. The van der Waals surface area contributed by atoms with Crippen molar-refractivity contribution in [1.82, 2.24) is 24.4 Å². The van der Waals surface area contributed by atoms with Gasteiger partial charge in [-0.05, 0) is 30.7 Å². The van der Waals surface area contributed by atoms with E-state index in [-0.39, 0.29) is 11.2 Å². The van der Waals surface area contributed by atoms with Gasteiger partial charge in [-0.15, -0.1) is 23.4 Å². The summed E-state index contributed by atoms with van der Waals surface area (Å²) in [5.74, 6) is -0.432. The minimum atomic E-state index is -4.83. The standard InChI is InChI=1S/C22H14F3N5O2/c1-13-18(14-6-3-2-4-7-14)20-27-26-19-17(30(20)28-13)10-11-29(21(19)31)15-8-5-9-16(12-15)32-22(23,24)25/h2-12H,1H3. The molecule has 10 heteroatoms. The molecule has 0 radical (unpaired) electrons. The summed E-state index contributed by atoms with van der Waals surface area (Å²) >= 11 is 0. The van der Waals surface area contributed by atoms with Crippen molar-refractivity contribution in [1.29, 1.82) is 0 Å². The van der Waals surface area contributed by atoms with E-state index in [9.17, 15) is 18.0 Å². The summed E-state index contributed by atoms with van der Waals surface area (Å²) < 4.78 is 44.3. The van der Waals surface area contributed by atoms with Crippen LogP contribution in [0.25, 0.3) is 33.5 Å². The number of hydrogen-bond acceptors (Lipinski definition) is 5. The predicted octanol–water partition coefficient (Wildman–Crippen LogP) is 4.30. The molecule has 0 amide bonds. The Balaban J connectivity index is 1.67. The number of alkyl halides is 3. The van der Waals surface area contributed by atoms with E-state index in [2.05, 4.69) is 20.0 Å². The number of nitrogens with zero attached hydrogens (tertiary/aromatic N) is 5. The molecule has 2 aromatic carbocycles. The third-order valence-electron chi connectivity index (χ3n) is 4.95. The van der Waals surface area contributed by atoms with E-state index >= 15 is 0 Å². The van der Waals surface area contributed by atoms with Crippen LogP contribution in [0.3, 0.4) is 0 Å². The van der Waals surface area contributed by atoms with Crippen LogP contribution in [0, 0.1) is 6.92 Å². The van der Waals surface area contributed by atoms with Crippen LogP contribution in [0.4, 0.5) is 13.2 Å². The Kier molecular flexibility index (Phi) is 4.43. The Morgan fingerprint density at radius 1 is 0.969 bits per heavy atom. The zero-order chi connectivity index (χ0) is 22.5. The van der Waals surface area contributed by atoms with Crippen molar-refractivity contribution in [2.45, 2.75) is 13.3 Å². The van der Waals surface area contributed by atoms with Gasteiger partial charge < -0.3 is 4.74 Å². The van der Waals surface area contributed by atoms with E-state index < -0.39 is 17.7 Å². The number of aromatic nitrogens is 5. The smallest absolute Gasteiger partial charge is 0.406 e. The summed E-state index contributed by atoms with van der Waals surface area (Å²) in [6, 6.07) is 16.3. The summed E-state index contributed by atoms with van der Waals surface area (Å²) in [5, 5.41) is 12.9. The van der Waals surface area contributed by atoms with Crippen LogP contribution in [-0.2, 0) is 0 Å². The molecule has 0 spiro atoms. The highest BCUT2D eigenvalue weighted by atomic mass is 19.4. The summed E-state index contributed by atoms with van der Waals surface area (Å²) in [4.78, 5) is 13.1. The van der Waals surface area contributed by atoms with Gasteiger partial charge in [0.1, 0.15) is 11.3 Å². The highest BCUT2D eigenvalue weighted by Crippen LogP contribution is 2.28. The van der Waals surface area contributed by atoms with Crippen LogP contribution in [0.15, 0.2) is 71.7 Å². The fourth-order valence-electron chi connectivity index (χ4n) is 3.63. The quantitative estimate of drug-likeness (QED) is 0.421. The Hall–Kier alpha value is -4.21. The first-order chi connectivity index (χ1) is 15.3. The summed E-state index contributed by atoms with van der Waals surface area (Å²) in [6.07, 6.45) is -3.38. The lowest BCUT2D eigenvalue weighted by molar-refractivity contribution is -0.274. The van der Waals surface area contributed by atoms with Crippen molar-refractivity contribution >= 4 is 16.7 Å². The van der Waals surface area contributed by atoms with Crippen LogP contribution in [0.1, 0.15) is 5.69 Å². The molecule has 0 aliphatic rings. The molecule has 0 fully saturated rings. The first-order valence-electron chi connectivity index (χ1n) is 9.51. The number of pyridine rings is 1. The van der Waals surface area contributed by atoms with E-state index in [1.807, 2.05) is 37.3 Å². The monoisotopic (exact) mass is 437 g/mol. The molecule has 7 nitrogen and oxygen atoms in total. The Morgan fingerprint density at radius 3 is 2.50 bits per heavy atom. The van der Waals surface area contributed by atoms with Gasteiger partial charge in [-0.1, -0.05) is 36.4 Å². The van der Waals surface area contributed by atoms with Crippen LogP contribution in [0.2, 0.25) is 0 Å². The molecule has 32 heavy (non-hydrogen) atoms. The second-order valence-corrected chi connectivity index (χ2v) is 7.03. The maximum absolute atomic E-state index is 13.1. The van der Waals surface area contributed by atoms with Crippen LogP contribution in [-0.4, -0.2) is 30.7 Å². The van der Waals surface area contributed by atoms with Crippen molar-refractivity contribution in [3.8, 4) is 22.6 Å². The normalized spacial score (nSPS) is 11.9. The maximum atomic E-state index is 13.1. The second-order valence-electron chi connectivity index (χ2n) is 7.03. The molecule has 0 saturated heterocycles. The van der Waals surface area contributed by atoms with Gasteiger partial charge >= 0.3 is 6.36 Å². The van der Waals surface area contributed by atoms with Gasteiger partial charge in [-0.3, -0.25) is 9.36 Å². The van der Waals surface area contributed by atoms with Crippen molar-refractivity contribution in [3.63, 3.8) is 0 Å². The van der Waals surface area contributed by atoms with Crippen molar-refractivity contribution < 1.29 is 17.9 Å². The zero-order valence-corrected chi connectivity index (χ0v) is 16.5. The maximum Gasteiger partial charge on any atom is 0.573 e. The predicted molar refractivity (Wildman–Crippen MR) is 111 cm³/mol. The van der Waals surface area contributed by atoms with Crippen molar-refractivity contribution in [3.05, 3.63) is 82.9 Å². The van der Waals surface area contributed by atoms with E-state index in [4.69, 9.17) is 0 Å². The second kappa shape index (κ2) is 7.19. The van der Waals surface area contributed by atoms with Crippen LogP contribution in [0.5, 0.6) is 5.75 Å². The van der Waals surface area contributed by atoms with E-state index in [0.717, 1.165) is 29.0 Å². The lowest BCUT2D eigenvalue weighted by atomic mass is 10.1. The molecule has 3 aromatic heterocycles. The number of benzene rings is 2. The van der Waals surface area contributed by atoms with Gasteiger partial charge in [0.05, 0.1) is 16.9 Å². The molecule has 160 valence electrons. The van der Waals surface area contributed by atoms with E-state index in [1.54, 1.807) is 10.6 Å². The Bertz CT molecular complexity index is 1520. The molecule has 0 aliphatic heterocycles. The number of halogens is 3. The molecular weight excluding hydrogens is 423 g/mol.